The molecule has 76 valence electrons. The maximum atomic E-state index is 11.2. The van der Waals surface area contributed by atoms with Gasteiger partial charge in [-0.05, 0) is 23.8 Å². The van der Waals surface area contributed by atoms with Gasteiger partial charge >= 0.3 is 0 Å². The molecule has 0 spiro atoms. The molecule has 0 amide bonds. The van der Waals surface area contributed by atoms with Crippen molar-refractivity contribution in [1.82, 2.24) is 0 Å². The Hall–Kier alpha value is -1.57. The first-order valence-electron chi connectivity index (χ1n) is 5.36. The van der Waals surface area contributed by atoms with E-state index in [1.165, 1.54) is 11.3 Å². The number of allylic oxidation sites excluding steroid dienone is 1. The van der Waals surface area contributed by atoms with Crippen LogP contribution in [-0.4, -0.2) is 18.9 Å². The molecule has 3 rings (SSSR count). The van der Waals surface area contributed by atoms with E-state index in [0.717, 1.165) is 19.5 Å². The molecule has 0 bridgehead atoms. The van der Waals surface area contributed by atoms with Gasteiger partial charge < -0.3 is 4.90 Å². The summed E-state index contributed by atoms with van der Waals surface area (Å²) < 4.78 is 0. The Bertz CT molecular complexity index is 421. The van der Waals surface area contributed by atoms with E-state index in [-0.39, 0.29) is 0 Å². The topological polar surface area (TPSA) is 20.3 Å². The van der Waals surface area contributed by atoms with E-state index in [1.54, 1.807) is 0 Å². The highest BCUT2D eigenvalue weighted by atomic mass is 16.1. The van der Waals surface area contributed by atoms with Crippen LogP contribution in [-0.2, 0) is 4.79 Å². The minimum Gasteiger partial charge on any atom is -0.367 e. The van der Waals surface area contributed by atoms with Crippen molar-refractivity contribution in [2.75, 3.05) is 18.0 Å². The highest BCUT2D eigenvalue weighted by Crippen LogP contribution is 2.33. The van der Waals surface area contributed by atoms with Crippen LogP contribution in [0.1, 0.15) is 6.42 Å². The first kappa shape index (κ1) is 8.72. The number of para-hydroxylation sites is 1. The molecule has 0 aromatic heterocycles. The quantitative estimate of drug-likeness (QED) is 0.689. The van der Waals surface area contributed by atoms with Gasteiger partial charge in [-0.2, -0.15) is 0 Å². The summed E-state index contributed by atoms with van der Waals surface area (Å²) in [7, 11) is 0. The molecule has 0 unspecified atom stereocenters. The van der Waals surface area contributed by atoms with Crippen LogP contribution in [0.15, 0.2) is 42.0 Å². The fraction of sp³-hybridized carbons (Fsp3) is 0.308. The molecule has 15 heavy (non-hydrogen) atoms. The van der Waals surface area contributed by atoms with Gasteiger partial charge in [0.25, 0.3) is 0 Å². The molecule has 1 heterocycles. The van der Waals surface area contributed by atoms with Crippen molar-refractivity contribution in [2.24, 2.45) is 5.92 Å². The first-order chi connectivity index (χ1) is 7.33. The molecule has 1 aliphatic heterocycles. The molecule has 1 fully saturated rings. The average molecular weight is 199 g/mol. The molecule has 1 aliphatic carbocycles. The van der Waals surface area contributed by atoms with Crippen molar-refractivity contribution in [1.29, 1.82) is 0 Å². The highest BCUT2D eigenvalue weighted by molar-refractivity contribution is 5.94. The monoisotopic (exact) mass is 199 g/mol. The van der Waals surface area contributed by atoms with Gasteiger partial charge in [-0.15, -0.1) is 0 Å². The Morgan fingerprint density at radius 3 is 2.73 bits per heavy atom. The molecule has 0 saturated carbocycles. The van der Waals surface area contributed by atoms with Crippen LogP contribution in [0.3, 0.4) is 0 Å². The van der Waals surface area contributed by atoms with Gasteiger partial charge in [0.2, 0.25) is 0 Å². The van der Waals surface area contributed by atoms with Crippen molar-refractivity contribution >= 4 is 11.5 Å². The number of hydrogen-bond donors (Lipinski definition) is 0. The Labute approximate surface area is 89.2 Å². The third kappa shape index (κ3) is 1.46. The van der Waals surface area contributed by atoms with Gasteiger partial charge in [0.05, 0.1) is 0 Å². The van der Waals surface area contributed by atoms with Gasteiger partial charge in [0, 0.05) is 31.1 Å². The van der Waals surface area contributed by atoms with Gasteiger partial charge in [-0.25, -0.2) is 0 Å². The Balaban J connectivity index is 1.84. The summed E-state index contributed by atoms with van der Waals surface area (Å²) in [5.74, 6) is 0.792. The molecule has 0 N–H and O–H groups in total. The lowest BCUT2D eigenvalue weighted by molar-refractivity contribution is -0.114. The van der Waals surface area contributed by atoms with Crippen LogP contribution in [0, 0.1) is 5.92 Å². The summed E-state index contributed by atoms with van der Waals surface area (Å²) in [6.45, 7) is 1.93. The zero-order valence-electron chi connectivity index (χ0n) is 8.52. The van der Waals surface area contributed by atoms with Crippen molar-refractivity contribution in [3.05, 3.63) is 42.0 Å². The maximum absolute atomic E-state index is 11.2. The molecule has 2 nitrogen and oxygen atoms in total. The number of rotatable bonds is 1. The van der Waals surface area contributed by atoms with E-state index in [2.05, 4.69) is 29.2 Å². The summed E-state index contributed by atoms with van der Waals surface area (Å²) in [5.41, 5.74) is 2.59. The number of fused-ring (bicyclic) bond motifs is 1. The predicted octanol–water partition coefficient (Wildman–Crippen LogP) is 2.02. The van der Waals surface area contributed by atoms with E-state index in [4.69, 9.17) is 0 Å². The highest BCUT2D eigenvalue weighted by Gasteiger charge is 2.33. The number of anilines is 1. The fourth-order valence-electron chi connectivity index (χ4n) is 2.50. The van der Waals surface area contributed by atoms with Crippen molar-refractivity contribution in [3.63, 3.8) is 0 Å². The number of hydrogen-bond acceptors (Lipinski definition) is 2. The summed E-state index contributed by atoms with van der Waals surface area (Å²) in [6, 6.07) is 10.4. The molecular formula is C13H13NO. The van der Waals surface area contributed by atoms with Crippen LogP contribution < -0.4 is 4.90 Å². The summed E-state index contributed by atoms with van der Waals surface area (Å²) >= 11 is 0. The molecular weight excluding hydrogens is 186 g/mol. The number of carbonyl (C=O) groups excluding carboxylic acids is 1. The van der Waals surface area contributed by atoms with E-state index in [0.29, 0.717) is 11.7 Å². The fourth-order valence-corrected chi connectivity index (χ4v) is 2.50. The Kier molecular flexibility index (Phi) is 1.88. The van der Waals surface area contributed by atoms with E-state index >= 15 is 0 Å². The molecule has 1 aromatic carbocycles. The van der Waals surface area contributed by atoms with Crippen LogP contribution in [0.2, 0.25) is 0 Å². The van der Waals surface area contributed by atoms with Crippen molar-refractivity contribution in [3.8, 4) is 0 Å². The molecule has 1 saturated heterocycles. The second-order valence-electron chi connectivity index (χ2n) is 4.30. The molecule has 2 aliphatic rings. The zero-order chi connectivity index (χ0) is 10.3. The number of carbonyl (C=O) groups is 1. The third-order valence-corrected chi connectivity index (χ3v) is 3.25. The van der Waals surface area contributed by atoms with E-state index in [1.807, 2.05) is 12.1 Å². The number of benzene rings is 1. The summed E-state index contributed by atoms with van der Waals surface area (Å²) in [6.07, 6.45) is 2.56. The van der Waals surface area contributed by atoms with Gasteiger partial charge in [0.1, 0.15) is 0 Å². The average Bonchev–Trinajstić information content (AvgIpc) is 2.76. The zero-order valence-corrected chi connectivity index (χ0v) is 8.52. The Morgan fingerprint density at radius 2 is 2.00 bits per heavy atom. The predicted molar refractivity (Wildman–Crippen MR) is 59.9 cm³/mol. The summed E-state index contributed by atoms with van der Waals surface area (Å²) in [4.78, 5) is 13.6. The van der Waals surface area contributed by atoms with Crippen LogP contribution >= 0.6 is 0 Å². The third-order valence-electron chi connectivity index (χ3n) is 3.25. The molecule has 0 radical (unpaired) electrons. The molecule has 2 heteroatoms. The molecule has 1 aromatic rings. The van der Waals surface area contributed by atoms with Crippen molar-refractivity contribution in [2.45, 2.75) is 6.42 Å². The van der Waals surface area contributed by atoms with Crippen LogP contribution in [0.5, 0.6) is 0 Å². The van der Waals surface area contributed by atoms with Crippen molar-refractivity contribution < 1.29 is 4.79 Å². The largest absolute Gasteiger partial charge is 0.367 e. The van der Waals surface area contributed by atoms with Gasteiger partial charge in [-0.3, -0.25) is 4.79 Å². The smallest absolute Gasteiger partial charge is 0.156 e. The SMILES string of the molecule is O=C1C=C2CN(c3ccccc3)C[C@@H]2C1. The number of ketones is 1. The van der Waals surface area contributed by atoms with E-state index < -0.39 is 0 Å². The van der Waals surface area contributed by atoms with Gasteiger partial charge in [-0.1, -0.05) is 18.2 Å². The standard InChI is InChI=1S/C13H13NO/c15-13-6-10-8-14(9-11(10)7-13)12-4-2-1-3-5-12/h1-6,11H,7-9H2/t11-/m0/s1. The lowest BCUT2D eigenvalue weighted by Crippen LogP contribution is -2.20. The normalized spacial score (nSPS) is 24.3. The molecule has 1 atom stereocenters. The minimum absolute atomic E-state index is 0.308. The second-order valence-corrected chi connectivity index (χ2v) is 4.30. The maximum Gasteiger partial charge on any atom is 0.156 e. The van der Waals surface area contributed by atoms with E-state index in [9.17, 15) is 4.79 Å². The lowest BCUT2D eigenvalue weighted by Gasteiger charge is -2.17. The van der Waals surface area contributed by atoms with Gasteiger partial charge in [0.15, 0.2) is 5.78 Å². The number of nitrogens with zero attached hydrogens (tertiary/aromatic N) is 1. The first-order valence-corrected chi connectivity index (χ1v) is 5.36. The minimum atomic E-state index is 0.308. The lowest BCUT2D eigenvalue weighted by atomic mass is 10.1. The Morgan fingerprint density at radius 1 is 1.20 bits per heavy atom. The van der Waals surface area contributed by atoms with Crippen LogP contribution in [0.25, 0.3) is 0 Å². The second kappa shape index (κ2) is 3.23. The summed E-state index contributed by atoms with van der Waals surface area (Å²) in [5, 5.41) is 0. The van der Waals surface area contributed by atoms with Crippen LogP contribution in [0.4, 0.5) is 5.69 Å².